The molecule has 1 spiro atoms. The van der Waals surface area contributed by atoms with E-state index in [1.807, 2.05) is 6.92 Å². The Bertz CT molecular complexity index is 608. The summed E-state index contributed by atoms with van der Waals surface area (Å²) in [5.74, 6) is 0.534. The van der Waals surface area contributed by atoms with E-state index < -0.39 is 11.7 Å². The highest BCUT2D eigenvalue weighted by atomic mass is 19.4. The van der Waals surface area contributed by atoms with E-state index in [0.29, 0.717) is 17.8 Å². The predicted octanol–water partition coefficient (Wildman–Crippen LogP) is 5.38. The number of aldehydes is 1. The minimum absolute atomic E-state index is 0.339. The Balaban J connectivity index is 1.66. The summed E-state index contributed by atoms with van der Waals surface area (Å²) in [6.45, 7) is 3.52. The first kappa shape index (κ1) is 18.3. The second-order valence-corrected chi connectivity index (χ2v) is 7.83. The van der Waals surface area contributed by atoms with Crippen molar-refractivity contribution in [1.29, 1.82) is 0 Å². The quantitative estimate of drug-likeness (QED) is 0.680. The summed E-state index contributed by atoms with van der Waals surface area (Å²) >= 11 is 0. The van der Waals surface area contributed by atoms with Crippen LogP contribution in [0, 0.1) is 18.3 Å². The van der Waals surface area contributed by atoms with Crippen LogP contribution in [0.25, 0.3) is 0 Å². The van der Waals surface area contributed by atoms with Crippen molar-refractivity contribution in [2.24, 2.45) is 11.3 Å². The summed E-state index contributed by atoms with van der Waals surface area (Å²) in [5, 5.41) is 0. The fourth-order valence-electron chi connectivity index (χ4n) is 4.51. The molecule has 0 aromatic heterocycles. The number of alkyl halides is 3. The van der Waals surface area contributed by atoms with Crippen molar-refractivity contribution in [3.63, 3.8) is 0 Å². The fraction of sp³-hybridized carbons (Fsp3) is 0.650. The van der Waals surface area contributed by atoms with E-state index in [9.17, 15) is 18.0 Å². The average molecular weight is 353 g/mol. The topological polar surface area (TPSA) is 20.3 Å². The van der Waals surface area contributed by atoms with Crippen molar-refractivity contribution in [3.05, 3.63) is 29.3 Å². The van der Waals surface area contributed by atoms with Gasteiger partial charge in [-0.25, -0.2) is 0 Å². The smallest absolute Gasteiger partial charge is 0.371 e. The van der Waals surface area contributed by atoms with Crippen LogP contribution in [0.2, 0.25) is 0 Å². The number of hydrogen-bond donors (Lipinski definition) is 0. The van der Waals surface area contributed by atoms with Gasteiger partial charge in [-0.1, -0.05) is 6.07 Å². The van der Waals surface area contributed by atoms with Crippen LogP contribution < -0.4 is 4.90 Å². The third kappa shape index (κ3) is 4.01. The van der Waals surface area contributed by atoms with Gasteiger partial charge >= 0.3 is 6.18 Å². The first-order valence-electron chi connectivity index (χ1n) is 9.19. The second kappa shape index (κ2) is 7.00. The number of aryl methyl sites for hydroxylation is 1. The van der Waals surface area contributed by atoms with Crippen LogP contribution >= 0.6 is 0 Å². The molecule has 5 heteroatoms. The Labute approximate surface area is 147 Å². The van der Waals surface area contributed by atoms with Crippen molar-refractivity contribution in [2.45, 2.75) is 58.0 Å². The van der Waals surface area contributed by atoms with Gasteiger partial charge in [-0.3, -0.25) is 0 Å². The van der Waals surface area contributed by atoms with E-state index in [4.69, 9.17) is 0 Å². The molecule has 2 aliphatic rings. The third-order valence-electron chi connectivity index (χ3n) is 6.30. The Morgan fingerprint density at radius 2 is 1.80 bits per heavy atom. The molecule has 1 aliphatic carbocycles. The highest BCUT2D eigenvalue weighted by molar-refractivity contribution is 5.56. The molecule has 1 saturated heterocycles. The van der Waals surface area contributed by atoms with Crippen molar-refractivity contribution in [1.82, 2.24) is 0 Å². The molecule has 1 saturated carbocycles. The van der Waals surface area contributed by atoms with Crippen LogP contribution in [0.1, 0.15) is 56.1 Å². The first-order valence-corrected chi connectivity index (χ1v) is 9.19. The zero-order valence-electron chi connectivity index (χ0n) is 14.7. The van der Waals surface area contributed by atoms with Gasteiger partial charge in [0.25, 0.3) is 0 Å². The molecular weight excluding hydrogens is 327 g/mol. The maximum Gasteiger partial charge on any atom is 0.416 e. The number of halogens is 3. The van der Waals surface area contributed by atoms with Crippen LogP contribution in [0.3, 0.4) is 0 Å². The number of piperidine rings is 1. The average Bonchev–Trinajstić information content (AvgIpc) is 2.58. The fourth-order valence-corrected chi connectivity index (χ4v) is 4.51. The maximum atomic E-state index is 13.0. The summed E-state index contributed by atoms with van der Waals surface area (Å²) in [6, 6.07) is 4.04. The predicted molar refractivity (Wildman–Crippen MR) is 92.7 cm³/mol. The van der Waals surface area contributed by atoms with Gasteiger partial charge in [-0.15, -0.1) is 0 Å². The molecule has 3 rings (SSSR count). The number of nitrogens with zero attached hydrogens (tertiary/aromatic N) is 1. The van der Waals surface area contributed by atoms with Crippen LogP contribution in [0.4, 0.5) is 18.9 Å². The standard InChI is InChI=1S/C20H26F3NO/c1-15-2-3-17(20(21,22)23)14-18(15)24-11-9-19(10-12-24)7-4-16(5-8-19)6-13-25/h2-3,13-14,16H,4-12H2,1H3. The monoisotopic (exact) mass is 353 g/mol. The second-order valence-electron chi connectivity index (χ2n) is 7.83. The van der Waals surface area contributed by atoms with Gasteiger partial charge in [-0.2, -0.15) is 13.2 Å². The van der Waals surface area contributed by atoms with E-state index in [2.05, 4.69) is 4.90 Å². The van der Waals surface area contributed by atoms with Gasteiger partial charge in [0.1, 0.15) is 6.29 Å². The van der Waals surface area contributed by atoms with Gasteiger partial charge < -0.3 is 9.69 Å². The molecule has 0 atom stereocenters. The maximum absolute atomic E-state index is 13.0. The minimum Gasteiger partial charge on any atom is -0.371 e. The molecule has 2 fully saturated rings. The number of anilines is 1. The van der Waals surface area contributed by atoms with Crippen LogP contribution in [-0.4, -0.2) is 19.4 Å². The van der Waals surface area contributed by atoms with E-state index in [-0.39, 0.29) is 0 Å². The van der Waals surface area contributed by atoms with E-state index in [0.717, 1.165) is 69.2 Å². The Morgan fingerprint density at radius 3 is 2.36 bits per heavy atom. The highest BCUT2D eigenvalue weighted by Crippen LogP contribution is 2.47. The molecule has 1 aromatic rings. The largest absolute Gasteiger partial charge is 0.416 e. The minimum atomic E-state index is -4.30. The first-order chi connectivity index (χ1) is 11.8. The molecule has 138 valence electrons. The summed E-state index contributed by atoms with van der Waals surface area (Å²) < 4.78 is 39.0. The van der Waals surface area contributed by atoms with Gasteiger partial charge in [0, 0.05) is 25.2 Å². The lowest BCUT2D eigenvalue weighted by Crippen LogP contribution is -2.42. The van der Waals surface area contributed by atoms with E-state index in [1.165, 1.54) is 12.1 Å². The molecule has 2 nitrogen and oxygen atoms in total. The molecule has 1 aromatic carbocycles. The molecule has 25 heavy (non-hydrogen) atoms. The van der Waals surface area contributed by atoms with Crippen LogP contribution in [-0.2, 0) is 11.0 Å². The molecule has 1 heterocycles. The lowest BCUT2D eigenvalue weighted by Gasteiger charge is -2.46. The van der Waals surface area contributed by atoms with Crippen molar-refractivity contribution < 1.29 is 18.0 Å². The summed E-state index contributed by atoms with van der Waals surface area (Å²) in [4.78, 5) is 12.8. The van der Waals surface area contributed by atoms with E-state index >= 15 is 0 Å². The number of benzene rings is 1. The van der Waals surface area contributed by atoms with Crippen molar-refractivity contribution in [3.8, 4) is 0 Å². The highest BCUT2D eigenvalue weighted by Gasteiger charge is 2.38. The number of carbonyl (C=O) groups excluding carboxylic acids is 1. The number of hydrogen-bond acceptors (Lipinski definition) is 2. The van der Waals surface area contributed by atoms with Gasteiger partial charge in [-0.05, 0) is 74.5 Å². The lowest BCUT2D eigenvalue weighted by molar-refractivity contribution is -0.137. The summed E-state index contributed by atoms with van der Waals surface area (Å²) in [7, 11) is 0. The summed E-state index contributed by atoms with van der Waals surface area (Å²) in [5.41, 5.74) is 1.39. The van der Waals surface area contributed by atoms with Gasteiger partial charge in [0.15, 0.2) is 0 Å². The molecule has 0 amide bonds. The molecule has 0 bridgehead atoms. The Morgan fingerprint density at radius 1 is 1.16 bits per heavy atom. The van der Waals surface area contributed by atoms with Crippen LogP contribution in [0.5, 0.6) is 0 Å². The molecule has 1 aliphatic heterocycles. The van der Waals surface area contributed by atoms with Gasteiger partial charge in [0.05, 0.1) is 5.56 Å². The van der Waals surface area contributed by atoms with Crippen molar-refractivity contribution in [2.75, 3.05) is 18.0 Å². The van der Waals surface area contributed by atoms with Crippen molar-refractivity contribution >= 4 is 12.0 Å². The summed E-state index contributed by atoms with van der Waals surface area (Å²) in [6.07, 6.45) is 4.02. The molecule has 0 unspecified atom stereocenters. The van der Waals surface area contributed by atoms with E-state index in [1.54, 1.807) is 6.07 Å². The zero-order valence-corrected chi connectivity index (χ0v) is 14.7. The number of rotatable bonds is 3. The van der Waals surface area contributed by atoms with Crippen LogP contribution in [0.15, 0.2) is 18.2 Å². The normalized spacial score (nSPS) is 21.5. The third-order valence-corrected chi connectivity index (χ3v) is 6.30. The lowest BCUT2D eigenvalue weighted by atomic mass is 9.65. The SMILES string of the molecule is Cc1ccc(C(F)(F)F)cc1N1CCC2(CCC(CC=O)CC2)CC1. The number of carbonyl (C=O) groups is 1. The molecule has 0 N–H and O–H groups in total. The molecular formula is C20H26F3NO. The zero-order chi connectivity index (χ0) is 18.1. The Hall–Kier alpha value is -1.52. The Kier molecular flexibility index (Phi) is 5.12. The molecule has 0 radical (unpaired) electrons. The van der Waals surface area contributed by atoms with Gasteiger partial charge in [0.2, 0.25) is 0 Å².